The van der Waals surface area contributed by atoms with Gasteiger partial charge in [0.15, 0.2) is 6.29 Å². The highest BCUT2D eigenvalue weighted by atomic mass is 16.6. The van der Waals surface area contributed by atoms with Crippen LogP contribution in [-0.4, -0.2) is 63.6 Å². The fraction of sp³-hybridized carbons (Fsp3) is 0.889. The standard InChI is InChI=1S/C9H17NO6/c1-2-5(12)10-6-8(14)7(13)4(3-11)16-9(6)15/h4,6-9,11,13-15H,2-3H2,1H3,(H,10,12)/t4-,6-,7+,8+,9-/m0/s1. The van der Waals surface area contributed by atoms with Crippen LogP contribution in [0.2, 0.25) is 0 Å². The Kier molecular flexibility index (Phi) is 4.63. The Hall–Kier alpha value is -0.730. The van der Waals surface area contributed by atoms with E-state index in [-0.39, 0.29) is 12.3 Å². The molecule has 1 rings (SSSR count). The van der Waals surface area contributed by atoms with Gasteiger partial charge < -0.3 is 30.5 Å². The van der Waals surface area contributed by atoms with Crippen LogP contribution < -0.4 is 5.32 Å². The van der Waals surface area contributed by atoms with E-state index in [1.54, 1.807) is 6.92 Å². The summed E-state index contributed by atoms with van der Waals surface area (Å²) in [5.41, 5.74) is 0. The highest BCUT2D eigenvalue weighted by molar-refractivity contribution is 5.76. The fourth-order valence-corrected chi connectivity index (χ4v) is 1.54. The Morgan fingerprint density at radius 3 is 2.44 bits per heavy atom. The molecule has 1 heterocycles. The van der Waals surface area contributed by atoms with Gasteiger partial charge in [-0.25, -0.2) is 0 Å². The van der Waals surface area contributed by atoms with E-state index in [0.717, 1.165) is 0 Å². The van der Waals surface area contributed by atoms with Crippen LogP contribution in [0.5, 0.6) is 0 Å². The molecule has 0 spiro atoms. The lowest BCUT2D eigenvalue weighted by Crippen LogP contribution is -2.64. The van der Waals surface area contributed by atoms with Gasteiger partial charge in [0.2, 0.25) is 5.91 Å². The van der Waals surface area contributed by atoms with Gasteiger partial charge >= 0.3 is 0 Å². The first kappa shape index (κ1) is 13.3. The summed E-state index contributed by atoms with van der Waals surface area (Å²) >= 11 is 0. The van der Waals surface area contributed by atoms with Crippen LogP contribution in [0, 0.1) is 0 Å². The second-order valence-electron chi connectivity index (χ2n) is 3.68. The molecule has 0 aromatic rings. The van der Waals surface area contributed by atoms with Crippen molar-refractivity contribution in [3.63, 3.8) is 0 Å². The van der Waals surface area contributed by atoms with Crippen molar-refractivity contribution in [2.75, 3.05) is 6.61 Å². The third-order valence-corrected chi connectivity index (χ3v) is 2.55. The van der Waals surface area contributed by atoms with Gasteiger partial charge in [0.05, 0.1) is 6.61 Å². The second kappa shape index (κ2) is 5.55. The number of hydrogen-bond donors (Lipinski definition) is 5. The first-order valence-electron chi connectivity index (χ1n) is 5.11. The summed E-state index contributed by atoms with van der Waals surface area (Å²) in [6.45, 7) is 1.09. The minimum absolute atomic E-state index is 0.190. The molecule has 1 aliphatic heterocycles. The molecule has 94 valence electrons. The van der Waals surface area contributed by atoms with Crippen molar-refractivity contribution in [2.24, 2.45) is 0 Å². The van der Waals surface area contributed by atoms with Crippen molar-refractivity contribution in [3.05, 3.63) is 0 Å². The number of aliphatic hydroxyl groups is 4. The molecular formula is C9H17NO6. The monoisotopic (exact) mass is 235 g/mol. The Morgan fingerprint density at radius 2 is 1.94 bits per heavy atom. The Morgan fingerprint density at radius 1 is 1.31 bits per heavy atom. The normalized spacial score (nSPS) is 39.4. The van der Waals surface area contributed by atoms with E-state index in [1.807, 2.05) is 0 Å². The molecule has 16 heavy (non-hydrogen) atoms. The molecule has 7 nitrogen and oxygen atoms in total. The second-order valence-corrected chi connectivity index (χ2v) is 3.68. The van der Waals surface area contributed by atoms with Crippen LogP contribution in [0.3, 0.4) is 0 Å². The molecule has 5 atom stereocenters. The number of ether oxygens (including phenoxy) is 1. The van der Waals surface area contributed by atoms with Gasteiger partial charge in [-0.2, -0.15) is 0 Å². The topological polar surface area (TPSA) is 119 Å². The third kappa shape index (κ3) is 2.69. The highest BCUT2D eigenvalue weighted by Crippen LogP contribution is 2.19. The number of carbonyl (C=O) groups excluding carboxylic acids is 1. The number of nitrogens with one attached hydrogen (secondary N) is 1. The predicted octanol–water partition coefficient (Wildman–Crippen LogP) is -2.69. The van der Waals surface area contributed by atoms with Gasteiger partial charge in [0.25, 0.3) is 0 Å². The average molecular weight is 235 g/mol. The fourth-order valence-electron chi connectivity index (χ4n) is 1.54. The Balaban J connectivity index is 2.67. The number of rotatable bonds is 3. The quantitative estimate of drug-likeness (QED) is 0.363. The largest absolute Gasteiger partial charge is 0.394 e. The van der Waals surface area contributed by atoms with Gasteiger partial charge in [-0.15, -0.1) is 0 Å². The molecule has 0 aromatic heterocycles. The van der Waals surface area contributed by atoms with E-state index in [0.29, 0.717) is 0 Å². The van der Waals surface area contributed by atoms with E-state index < -0.39 is 37.3 Å². The van der Waals surface area contributed by atoms with Crippen LogP contribution in [0.4, 0.5) is 0 Å². The summed E-state index contributed by atoms with van der Waals surface area (Å²) in [6.07, 6.45) is -5.05. The van der Waals surface area contributed by atoms with Crippen molar-refractivity contribution >= 4 is 5.91 Å². The first-order valence-corrected chi connectivity index (χ1v) is 5.11. The summed E-state index contributed by atoms with van der Waals surface area (Å²) in [7, 11) is 0. The highest BCUT2D eigenvalue weighted by Gasteiger charge is 2.44. The zero-order valence-electron chi connectivity index (χ0n) is 8.91. The Bertz CT molecular complexity index is 248. The van der Waals surface area contributed by atoms with Crippen molar-refractivity contribution in [1.29, 1.82) is 0 Å². The lowest BCUT2D eigenvalue weighted by Gasteiger charge is -2.40. The van der Waals surface area contributed by atoms with Crippen LogP contribution >= 0.6 is 0 Å². The molecule has 1 fully saturated rings. The van der Waals surface area contributed by atoms with Crippen molar-refractivity contribution in [3.8, 4) is 0 Å². The molecule has 0 unspecified atom stereocenters. The minimum atomic E-state index is -1.45. The molecule has 0 radical (unpaired) electrons. The van der Waals surface area contributed by atoms with E-state index in [4.69, 9.17) is 9.84 Å². The van der Waals surface area contributed by atoms with Crippen molar-refractivity contribution in [2.45, 2.75) is 44.0 Å². The first-order chi connectivity index (χ1) is 7.51. The molecule has 5 N–H and O–H groups in total. The summed E-state index contributed by atoms with van der Waals surface area (Å²) in [5.74, 6) is -0.374. The van der Waals surface area contributed by atoms with Gasteiger partial charge in [-0.1, -0.05) is 6.92 Å². The number of hydrogen-bond acceptors (Lipinski definition) is 6. The van der Waals surface area contributed by atoms with Crippen LogP contribution in [0.25, 0.3) is 0 Å². The van der Waals surface area contributed by atoms with E-state index in [1.165, 1.54) is 0 Å². The molecule has 0 aliphatic carbocycles. The number of aliphatic hydroxyl groups excluding tert-OH is 4. The van der Waals surface area contributed by atoms with Gasteiger partial charge in [0.1, 0.15) is 24.4 Å². The molecule has 0 bridgehead atoms. The minimum Gasteiger partial charge on any atom is -0.394 e. The zero-order valence-corrected chi connectivity index (χ0v) is 8.91. The Labute approximate surface area is 92.7 Å². The van der Waals surface area contributed by atoms with Crippen LogP contribution in [-0.2, 0) is 9.53 Å². The van der Waals surface area contributed by atoms with E-state index in [9.17, 15) is 20.1 Å². The molecular weight excluding hydrogens is 218 g/mol. The maximum Gasteiger partial charge on any atom is 0.220 e. The summed E-state index contributed by atoms with van der Waals surface area (Å²) < 4.78 is 4.86. The zero-order chi connectivity index (χ0) is 12.3. The molecule has 0 saturated carbocycles. The maximum atomic E-state index is 11.1. The molecule has 1 aliphatic rings. The SMILES string of the molecule is CCC(=O)N[C@H]1[C@@H](O)[C@H](O)[C@H](CO)O[C@@H]1O. The average Bonchev–Trinajstić information content (AvgIpc) is 2.28. The van der Waals surface area contributed by atoms with Crippen molar-refractivity contribution < 1.29 is 30.0 Å². The number of carbonyl (C=O) groups is 1. The van der Waals surface area contributed by atoms with Crippen LogP contribution in [0.1, 0.15) is 13.3 Å². The molecule has 7 heteroatoms. The summed E-state index contributed by atoms with van der Waals surface area (Å²) in [6, 6.07) is -1.09. The van der Waals surface area contributed by atoms with Gasteiger partial charge in [-0.05, 0) is 0 Å². The maximum absolute atomic E-state index is 11.1. The molecule has 1 amide bonds. The predicted molar refractivity (Wildman–Crippen MR) is 52.2 cm³/mol. The van der Waals surface area contributed by atoms with Crippen molar-refractivity contribution in [1.82, 2.24) is 5.32 Å². The summed E-state index contributed by atoms with van der Waals surface area (Å²) in [5, 5.41) is 39.8. The van der Waals surface area contributed by atoms with E-state index in [2.05, 4.69) is 5.32 Å². The molecule has 0 aromatic carbocycles. The van der Waals surface area contributed by atoms with Gasteiger partial charge in [-0.3, -0.25) is 4.79 Å². The molecule has 1 saturated heterocycles. The number of amides is 1. The van der Waals surface area contributed by atoms with Gasteiger partial charge in [0, 0.05) is 6.42 Å². The lowest BCUT2D eigenvalue weighted by molar-refractivity contribution is -0.253. The summed E-state index contributed by atoms with van der Waals surface area (Å²) in [4.78, 5) is 11.1. The van der Waals surface area contributed by atoms with E-state index >= 15 is 0 Å². The third-order valence-electron chi connectivity index (χ3n) is 2.55. The lowest BCUT2D eigenvalue weighted by atomic mass is 9.97. The van der Waals surface area contributed by atoms with Crippen LogP contribution in [0.15, 0.2) is 0 Å². The smallest absolute Gasteiger partial charge is 0.220 e.